The molecule has 0 aliphatic rings. The minimum atomic E-state index is 0.645. The second-order valence-electron chi connectivity index (χ2n) is 4.66. The van der Waals surface area contributed by atoms with E-state index in [0.717, 1.165) is 29.4 Å². The van der Waals surface area contributed by atoms with Gasteiger partial charge in [0.15, 0.2) is 5.13 Å². The van der Waals surface area contributed by atoms with Crippen LogP contribution in [0.1, 0.15) is 20.8 Å². The Labute approximate surface area is 106 Å². The van der Waals surface area contributed by atoms with Crippen LogP contribution in [0.15, 0.2) is 18.2 Å². The first-order valence-corrected chi connectivity index (χ1v) is 6.82. The molecule has 0 fully saturated rings. The Morgan fingerprint density at radius 1 is 1.41 bits per heavy atom. The maximum absolute atomic E-state index is 5.79. The van der Waals surface area contributed by atoms with E-state index in [1.165, 1.54) is 4.70 Å². The molecule has 0 aliphatic carbocycles. The Bertz CT molecular complexity index is 504. The van der Waals surface area contributed by atoms with Gasteiger partial charge in [-0.05, 0) is 31.0 Å². The SMILES string of the molecule is CCN(CC(C)C)c1nc2ccc(N)cc2s1. The number of rotatable bonds is 4. The zero-order chi connectivity index (χ0) is 12.4. The number of nitrogens with two attached hydrogens (primary N) is 1. The van der Waals surface area contributed by atoms with Gasteiger partial charge >= 0.3 is 0 Å². The van der Waals surface area contributed by atoms with E-state index in [0.29, 0.717) is 5.92 Å². The summed E-state index contributed by atoms with van der Waals surface area (Å²) in [6.07, 6.45) is 0. The van der Waals surface area contributed by atoms with Crippen molar-refractivity contribution in [1.29, 1.82) is 0 Å². The van der Waals surface area contributed by atoms with Crippen LogP contribution in [0.2, 0.25) is 0 Å². The molecule has 1 aromatic heterocycles. The van der Waals surface area contributed by atoms with E-state index in [4.69, 9.17) is 5.73 Å². The quantitative estimate of drug-likeness (QED) is 0.845. The summed E-state index contributed by atoms with van der Waals surface area (Å²) in [6.45, 7) is 8.67. The minimum Gasteiger partial charge on any atom is -0.399 e. The summed E-state index contributed by atoms with van der Waals surface area (Å²) < 4.78 is 1.17. The molecule has 4 heteroatoms. The highest BCUT2D eigenvalue weighted by Gasteiger charge is 2.11. The van der Waals surface area contributed by atoms with Gasteiger partial charge in [0.05, 0.1) is 10.2 Å². The first kappa shape index (κ1) is 12.2. The van der Waals surface area contributed by atoms with Crippen molar-refractivity contribution >= 4 is 32.4 Å². The fourth-order valence-corrected chi connectivity index (χ4v) is 2.93. The lowest BCUT2D eigenvalue weighted by atomic mass is 10.2. The van der Waals surface area contributed by atoms with Crippen LogP contribution >= 0.6 is 11.3 Å². The average molecular weight is 249 g/mol. The second kappa shape index (κ2) is 4.92. The van der Waals surface area contributed by atoms with E-state index >= 15 is 0 Å². The Kier molecular flexibility index (Phi) is 3.52. The molecular weight excluding hydrogens is 230 g/mol. The third-order valence-electron chi connectivity index (χ3n) is 2.64. The number of nitrogens with zero attached hydrogens (tertiary/aromatic N) is 2. The molecule has 2 N–H and O–H groups in total. The number of hydrogen-bond acceptors (Lipinski definition) is 4. The number of fused-ring (bicyclic) bond motifs is 1. The maximum atomic E-state index is 5.79. The fourth-order valence-electron chi connectivity index (χ4n) is 1.85. The summed E-state index contributed by atoms with van der Waals surface area (Å²) in [7, 11) is 0. The summed E-state index contributed by atoms with van der Waals surface area (Å²) in [4.78, 5) is 6.99. The molecule has 0 saturated carbocycles. The smallest absolute Gasteiger partial charge is 0.186 e. The molecule has 1 aromatic carbocycles. The topological polar surface area (TPSA) is 42.2 Å². The molecule has 0 saturated heterocycles. The van der Waals surface area contributed by atoms with E-state index < -0.39 is 0 Å². The lowest BCUT2D eigenvalue weighted by Gasteiger charge is -2.21. The van der Waals surface area contributed by atoms with Gasteiger partial charge in [0.2, 0.25) is 0 Å². The normalized spacial score (nSPS) is 11.3. The Hall–Kier alpha value is -1.29. The average Bonchev–Trinajstić information content (AvgIpc) is 2.68. The zero-order valence-electron chi connectivity index (χ0n) is 10.6. The van der Waals surface area contributed by atoms with Crippen LogP contribution in [-0.4, -0.2) is 18.1 Å². The van der Waals surface area contributed by atoms with Crippen molar-refractivity contribution in [2.75, 3.05) is 23.7 Å². The Morgan fingerprint density at radius 3 is 2.82 bits per heavy atom. The van der Waals surface area contributed by atoms with E-state index in [2.05, 4.69) is 30.7 Å². The largest absolute Gasteiger partial charge is 0.399 e. The van der Waals surface area contributed by atoms with Crippen molar-refractivity contribution < 1.29 is 0 Å². The van der Waals surface area contributed by atoms with Crippen LogP contribution in [0.25, 0.3) is 10.2 Å². The number of aromatic nitrogens is 1. The van der Waals surface area contributed by atoms with Gasteiger partial charge in [0.1, 0.15) is 0 Å². The van der Waals surface area contributed by atoms with Crippen molar-refractivity contribution in [3.8, 4) is 0 Å². The van der Waals surface area contributed by atoms with Crippen molar-refractivity contribution in [1.82, 2.24) is 4.98 Å². The zero-order valence-corrected chi connectivity index (χ0v) is 11.4. The maximum Gasteiger partial charge on any atom is 0.186 e. The predicted octanol–water partition coefficient (Wildman–Crippen LogP) is 3.36. The molecule has 0 bridgehead atoms. The van der Waals surface area contributed by atoms with E-state index in [1.807, 2.05) is 18.2 Å². The number of hydrogen-bond donors (Lipinski definition) is 1. The minimum absolute atomic E-state index is 0.645. The molecule has 0 amide bonds. The molecule has 0 radical (unpaired) electrons. The van der Waals surface area contributed by atoms with E-state index in [-0.39, 0.29) is 0 Å². The predicted molar refractivity (Wildman–Crippen MR) is 76.8 cm³/mol. The van der Waals surface area contributed by atoms with Gasteiger partial charge in [-0.25, -0.2) is 4.98 Å². The van der Waals surface area contributed by atoms with Crippen LogP contribution in [0.5, 0.6) is 0 Å². The lowest BCUT2D eigenvalue weighted by Crippen LogP contribution is -2.26. The van der Waals surface area contributed by atoms with Gasteiger partial charge in [-0.3, -0.25) is 0 Å². The third-order valence-corrected chi connectivity index (χ3v) is 3.72. The Morgan fingerprint density at radius 2 is 2.18 bits per heavy atom. The first-order chi connectivity index (χ1) is 8.10. The highest BCUT2D eigenvalue weighted by molar-refractivity contribution is 7.22. The summed E-state index contributed by atoms with van der Waals surface area (Å²) in [5, 5.41) is 1.10. The fraction of sp³-hybridized carbons (Fsp3) is 0.462. The van der Waals surface area contributed by atoms with Crippen molar-refractivity contribution in [2.24, 2.45) is 5.92 Å². The van der Waals surface area contributed by atoms with E-state index in [9.17, 15) is 0 Å². The summed E-state index contributed by atoms with van der Waals surface area (Å²) in [6, 6.07) is 5.90. The Balaban J connectivity index is 2.34. The molecule has 3 nitrogen and oxygen atoms in total. The lowest BCUT2D eigenvalue weighted by molar-refractivity contribution is 0.618. The van der Waals surface area contributed by atoms with Gasteiger partial charge in [-0.1, -0.05) is 25.2 Å². The highest BCUT2D eigenvalue weighted by atomic mass is 32.1. The van der Waals surface area contributed by atoms with Crippen LogP contribution in [-0.2, 0) is 0 Å². The molecule has 0 unspecified atom stereocenters. The molecule has 17 heavy (non-hydrogen) atoms. The molecule has 0 aliphatic heterocycles. The summed E-state index contributed by atoms with van der Waals surface area (Å²) in [5.74, 6) is 0.645. The monoisotopic (exact) mass is 249 g/mol. The van der Waals surface area contributed by atoms with Gasteiger partial charge in [-0.15, -0.1) is 0 Å². The van der Waals surface area contributed by atoms with Crippen molar-refractivity contribution in [3.05, 3.63) is 18.2 Å². The molecule has 92 valence electrons. The molecule has 1 heterocycles. The molecule has 2 aromatic rings. The molecule has 0 atom stereocenters. The number of thiazole rings is 1. The van der Waals surface area contributed by atoms with Crippen LogP contribution in [0.3, 0.4) is 0 Å². The van der Waals surface area contributed by atoms with Gasteiger partial charge in [0, 0.05) is 18.8 Å². The number of anilines is 2. The van der Waals surface area contributed by atoms with Crippen LogP contribution in [0.4, 0.5) is 10.8 Å². The van der Waals surface area contributed by atoms with E-state index in [1.54, 1.807) is 11.3 Å². The summed E-state index contributed by atoms with van der Waals surface area (Å²) >= 11 is 1.72. The standard InChI is InChI=1S/C13H19N3S/c1-4-16(8-9(2)3)13-15-11-6-5-10(14)7-12(11)17-13/h5-7,9H,4,8,14H2,1-3H3. The second-order valence-corrected chi connectivity index (χ2v) is 5.67. The number of benzene rings is 1. The van der Waals surface area contributed by atoms with Crippen molar-refractivity contribution in [3.63, 3.8) is 0 Å². The van der Waals surface area contributed by atoms with Crippen LogP contribution < -0.4 is 10.6 Å². The molecule has 2 rings (SSSR count). The molecular formula is C13H19N3S. The van der Waals surface area contributed by atoms with Crippen molar-refractivity contribution in [2.45, 2.75) is 20.8 Å². The van der Waals surface area contributed by atoms with Crippen LogP contribution in [0, 0.1) is 5.92 Å². The summed E-state index contributed by atoms with van der Waals surface area (Å²) in [5.41, 5.74) is 7.64. The molecule has 0 spiro atoms. The third kappa shape index (κ3) is 2.69. The van der Waals surface area contributed by atoms with Gasteiger partial charge in [0.25, 0.3) is 0 Å². The van der Waals surface area contributed by atoms with Gasteiger partial charge < -0.3 is 10.6 Å². The van der Waals surface area contributed by atoms with Gasteiger partial charge in [-0.2, -0.15) is 0 Å². The number of nitrogen functional groups attached to an aromatic ring is 1. The first-order valence-electron chi connectivity index (χ1n) is 6.01. The highest BCUT2D eigenvalue weighted by Crippen LogP contribution is 2.30.